The highest BCUT2D eigenvalue weighted by molar-refractivity contribution is 5.76. The summed E-state index contributed by atoms with van der Waals surface area (Å²) in [6.07, 6.45) is 79.4. The summed E-state index contributed by atoms with van der Waals surface area (Å²) in [5.74, 6) is -0.162. The Bertz CT molecular complexity index is 1660. The van der Waals surface area contributed by atoms with Gasteiger partial charge < -0.3 is 40.3 Å². The Morgan fingerprint density at radius 3 is 1.16 bits per heavy atom. The second-order valence-electron chi connectivity index (χ2n) is 21.8. The van der Waals surface area contributed by atoms with Gasteiger partial charge in [0.1, 0.15) is 24.4 Å². The van der Waals surface area contributed by atoms with Gasteiger partial charge in [-0.3, -0.25) is 4.79 Å². The molecule has 1 fully saturated rings. The van der Waals surface area contributed by atoms with Gasteiger partial charge in [0.2, 0.25) is 5.91 Å². The van der Waals surface area contributed by atoms with Gasteiger partial charge >= 0.3 is 0 Å². The fraction of sp³-hybridized carbons (Fsp3) is 0.700. The van der Waals surface area contributed by atoms with Gasteiger partial charge in [0.25, 0.3) is 0 Å². The number of amides is 1. The van der Waals surface area contributed by atoms with Crippen LogP contribution in [-0.4, -0.2) is 87.5 Å². The molecule has 0 aliphatic carbocycles. The molecular formula is C70H119NO8. The summed E-state index contributed by atoms with van der Waals surface area (Å²) in [7, 11) is 0. The van der Waals surface area contributed by atoms with Crippen LogP contribution >= 0.6 is 0 Å². The molecule has 1 rings (SSSR count). The van der Waals surface area contributed by atoms with Gasteiger partial charge in [-0.25, -0.2) is 0 Å². The Kier molecular flexibility index (Phi) is 53.9. The maximum Gasteiger partial charge on any atom is 0.220 e. The number of carbonyl (C=O) groups excluding carboxylic acids is 1. The maximum atomic E-state index is 13.1. The van der Waals surface area contributed by atoms with Crippen molar-refractivity contribution < 1.29 is 39.8 Å². The Labute approximate surface area is 484 Å². The van der Waals surface area contributed by atoms with Crippen LogP contribution in [-0.2, 0) is 14.3 Å². The van der Waals surface area contributed by atoms with Crippen molar-refractivity contribution in [3.63, 3.8) is 0 Å². The molecule has 1 aliphatic heterocycles. The number of ether oxygens (including phenoxy) is 2. The van der Waals surface area contributed by atoms with E-state index in [1.165, 1.54) is 103 Å². The molecule has 452 valence electrons. The Hall–Kier alpha value is -3.41. The van der Waals surface area contributed by atoms with Crippen LogP contribution in [0.5, 0.6) is 0 Å². The molecular weight excluding hydrogens is 983 g/mol. The smallest absolute Gasteiger partial charge is 0.220 e. The number of hydrogen-bond acceptors (Lipinski definition) is 8. The SMILES string of the molecule is CC/C=C\C/C=C\C/C=C\C/C=C\C/C=C\C/C=C\C/C=C\C/C=C\C/C=C\C/C=C\CCCCCCCCC(=O)NC(COC1OC(CO)C(O)C(O)C1O)C(O)CCCCCCCCCCCCCCCCCCCCC. The van der Waals surface area contributed by atoms with Crippen LogP contribution in [0.3, 0.4) is 0 Å². The van der Waals surface area contributed by atoms with Crippen LogP contribution in [0.15, 0.2) is 122 Å². The second-order valence-corrected chi connectivity index (χ2v) is 21.8. The minimum atomic E-state index is -1.56. The molecule has 1 aliphatic rings. The molecule has 0 spiro atoms. The zero-order valence-electron chi connectivity index (χ0n) is 50.3. The molecule has 0 aromatic heterocycles. The lowest BCUT2D eigenvalue weighted by atomic mass is 9.99. The molecule has 79 heavy (non-hydrogen) atoms. The summed E-state index contributed by atoms with van der Waals surface area (Å²) < 4.78 is 11.3. The lowest BCUT2D eigenvalue weighted by Crippen LogP contribution is -2.60. The van der Waals surface area contributed by atoms with Gasteiger partial charge in [-0.05, 0) is 89.9 Å². The monoisotopic (exact) mass is 1100 g/mol. The van der Waals surface area contributed by atoms with Gasteiger partial charge in [-0.1, -0.05) is 283 Å². The quantitative estimate of drug-likeness (QED) is 0.0261. The number of unbranched alkanes of at least 4 members (excludes halogenated alkanes) is 24. The fourth-order valence-electron chi connectivity index (χ4n) is 9.54. The predicted molar refractivity (Wildman–Crippen MR) is 336 cm³/mol. The Balaban J connectivity index is 2.19. The molecule has 0 bridgehead atoms. The minimum absolute atomic E-state index is 0.150. The normalized spacial score (nSPS) is 19.4. The molecule has 9 heteroatoms. The van der Waals surface area contributed by atoms with E-state index in [0.717, 1.165) is 128 Å². The number of rotatable bonds is 54. The molecule has 7 unspecified atom stereocenters. The highest BCUT2D eigenvalue weighted by atomic mass is 16.7. The number of nitrogens with one attached hydrogen (secondary N) is 1. The molecule has 7 atom stereocenters. The molecule has 0 saturated carbocycles. The van der Waals surface area contributed by atoms with E-state index in [9.17, 15) is 30.3 Å². The average Bonchev–Trinajstić information content (AvgIpc) is 3.46. The predicted octanol–water partition coefficient (Wildman–Crippen LogP) is 17.1. The molecule has 0 aromatic rings. The lowest BCUT2D eigenvalue weighted by Gasteiger charge is -2.40. The molecule has 0 aromatic carbocycles. The summed E-state index contributed by atoms with van der Waals surface area (Å²) >= 11 is 0. The van der Waals surface area contributed by atoms with Crippen molar-refractivity contribution >= 4 is 5.91 Å². The Morgan fingerprint density at radius 1 is 0.443 bits per heavy atom. The molecule has 1 heterocycles. The summed E-state index contributed by atoms with van der Waals surface area (Å²) in [5, 5.41) is 54.8. The van der Waals surface area contributed by atoms with Crippen LogP contribution in [0.1, 0.15) is 258 Å². The van der Waals surface area contributed by atoms with Gasteiger partial charge in [-0.2, -0.15) is 0 Å². The second kappa shape index (κ2) is 57.8. The summed E-state index contributed by atoms with van der Waals surface area (Å²) in [5.41, 5.74) is 0. The van der Waals surface area contributed by atoms with Crippen molar-refractivity contribution in [2.45, 2.75) is 301 Å². The first kappa shape index (κ1) is 73.6. The summed E-state index contributed by atoms with van der Waals surface area (Å²) in [4.78, 5) is 13.1. The first-order chi connectivity index (χ1) is 38.8. The summed E-state index contributed by atoms with van der Waals surface area (Å²) in [6, 6.07) is -0.737. The standard InChI is InChI=1S/C70H119NO8/c1-3-5-7-9-11-13-15-17-19-21-23-24-25-26-27-28-29-30-31-32-33-34-35-36-37-38-39-40-42-44-46-48-50-52-54-56-58-60-66(74)71-63(62-78-70-69(77)68(76)67(75)65(61-72)79-70)64(73)59-57-55-53-51-49-47-45-43-41-22-20-18-16-14-12-10-8-6-4-2/h5,7,11,13,17,19,23-24,26-27,29-30,32-33,35-36,38-39,42,44,63-65,67-70,72-73,75-77H,3-4,6,8-10,12,14-16,18,20-22,25,28,31,34,37,40-41,43,45-62H2,1-2H3,(H,71,74)/b7-5-,13-11-,19-17-,24-23-,27-26-,30-29-,33-32-,36-35-,39-38-,44-42-. The van der Waals surface area contributed by atoms with Crippen LogP contribution in [0.25, 0.3) is 0 Å². The van der Waals surface area contributed by atoms with E-state index in [4.69, 9.17) is 9.47 Å². The minimum Gasteiger partial charge on any atom is -0.394 e. The van der Waals surface area contributed by atoms with Crippen molar-refractivity contribution in [3.8, 4) is 0 Å². The third-order valence-electron chi connectivity index (χ3n) is 14.6. The number of aliphatic hydroxyl groups is 5. The van der Waals surface area contributed by atoms with Crippen molar-refractivity contribution in [1.29, 1.82) is 0 Å². The van der Waals surface area contributed by atoms with Gasteiger partial charge in [0, 0.05) is 6.42 Å². The lowest BCUT2D eigenvalue weighted by molar-refractivity contribution is -0.302. The average molecular weight is 1100 g/mol. The van der Waals surface area contributed by atoms with Gasteiger partial charge in [0.05, 0.1) is 25.4 Å². The van der Waals surface area contributed by atoms with Crippen LogP contribution < -0.4 is 5.32 Å². The van der Waals surface area contributed by atoms with Crippen molar-refractivity contribution in [2.24, 2.45) is 0 Å². The fourth-order valence-corrected chi connectivity index (χ4v) is 9.54. The van der Waals surface area contributed by atoms with Crippen LogP contribution in [0.4, 0.5) is 0 Å². The van der Waals surface area contributed by atoms with Crippen molar-refractivity contribution in [1.82, 2.24) is 5.32 Å². The topological polar surface area (TPSA) is 149 Å². The Morgan fingerprint density at radius 2 is 0.785 bits per heavy atom. The van der Waals surface area contributed by atoms with Gasteiger partial charge in [0.15, 0.2) is 6.29 Å². The van der Waals surface area contributed by atoms with Gasteiger partial charge in [-0.15, -0.1) is 0 Å². The van der Waals surface area contributed by atoms with Crippen molar-refractivity contribution in [3.05, 3.63) is 122 Å². The highest BCUT2D eigenvalue weighted by Crippen LogP contribution is 2.23. The molecule has 9 nitrogen and oxygen atoms in total. The number of aliphatic hydroxyl groups excluding tert-OH is 5. The van der Waals surface area contributed by atoms with E-state index in [0.29, 0.717) is 12.8 Å². The first-order valence-corrected chi connectivity index (χ1v) is 32.2. The summed E-state index contributed by atoms with van der Waals surface area (Å²) in [6.45, 7) is 3.73. The van der Waals surface area contributed by atoms with E-state index in [-0.39, 0.29) is 12.5 Å². The van der Waals surface area contributed by atoms with Crippen molar-refractivity contribution in [2.75, 3.05) is 13.2 Å². The van der Waals surface area contributed by atoms with E-state index in [1.54, 1.807) is 0 Å². The third kappa shape index (κ3) is 46.9. The molecule has 6 N–H and O–H groups in total. The molecule has 1 saturated heterocycles. The van der Waals surface area contributed by atoms with Crippen LogP contribution in [0.2, 0.25) is 0 Å². The first-order valence-electron chi connectivity index (χ1n) is 32.2. The van der Waals surface area contributed by atoms with E-state index >= 15 is 0 Å². The highest BCUT2D eigenvalue weighted by Gasteiger charge is 2.44. The zero-order chi connectivity index (χ0) is 57.2. The maximum absolute atomic E-state index is 13.1. The molecule has 0 radical (unpaired) electrons. The van der Waals surface area contributed by atoms with E-state index in [2.05, 4.69) is 141 Å². The van der Waals surface area contributed by atoms with E-state index < -0.39 is 49.5 Å². The molecule has 1 amide bonds. The third-order valence-corrected chi connectivity index (χ3v) is 14.6. The number of hydrogen-bond donors (Lipinski definition) is 6. The van der Waals surface area contributed by atoms with E-state index in [1.807, 2.05) is 0 Å². The zero-order valence-corrected chi connectivity index (χ0v) is 50.3. The van der Waals surface area contributed by atoms with Crippen LogP contribution in [0, 0.1) is 0 Å². The number of carbonyl (C=O) groups is 1. The number of allylic oxidation sites excluding steroid dienone is 20. The largest absolute Gasteiger partial charge is 0.394 e.